The Labute approximate surface area is 141 Å². The van der Waals surface area contributed by atoms with Gasteiger partial charge in [-0.15, -0.1) is 0 Å². The van der Waals surface area contributed by atoms with Gasteiger partial charge in [0.2, 0.25) is 0 Å². The van der Waals surface area contributed by atoms with Crippen LogP contribution in [-0.4, -0.2) is 30.4 Å². The van der Waals surface area contributed by atoms with E-state index in [2.05, 4.69) is 4.99 Å². The number of para-hydroxylation sites is 1. The SMILES string of the molecule is COc1ccc(C(O)=C(C=Nc2ccccc2)C(=O)C(F)(F)F)cc1. The van der Waals surface area contributed by atoms with E-state index >= 15 is 0 Å². The van der Waals surface area contributed by atoms with Crippen LogP contribution in [0.4, 0.5) is 18.9 Å². The second-order valence-corrected chi connectivity index (χ2v) is 4.91. The van der Waals surface area contributed by atoms with Crippen molar-refractivity contribution in [1.29, 1.82) is 0 Å². The lowest BCUT2D eigenvalue weighted by atomic mass is 10.0. The number of aliphatic imine (C=N–C) groups is 1. The van der Waals surface area contributed by atoms with Crippen LogP contribution >= 0.6 is 0 Å². The Kier molecular flexibility index (Phi) is 5.59. The van der Waals surface area contributed by atoms with E-state index in [-0.39, 0.29) is 5.56 Å². The van der Waals surface area contributed by atoms with Crippen LogP contribution in [0, 0.1) is 0 Å². The first-order valence-electron chi connectivity index (χ1n) is 7.11. The van der Waals surface area contributed by atoms with Gasteiger partial charge in [0.1, 0.15) is 11.5 Å². The normalized spacial score (nSPS) is 12.8. The quantitative estimate of drug-likeness (QED) is 0.491. The monoisotopic (exact) mass is 349 g/mol. The van der Waals surface area contributed by atoms with Crippen molar-refractivity contribution in [2.75, 3.05) is 7.11 Å². The number of aliphatic hydroxyl groups is 1. The predicted molar refractivity (Wildman–Crippen MR) is 88.2 cm³/mol. The summed E-state index contributed by atoms with van der Waals surface area (Å²) in [5.74, 6) is -2.54. The van der Waals surface area contributed by atoms with Crippen LogP contribution in [0.2, 0.25) is 0 Å². The topological polar surface area (TPSA) is 58.9 Å². The number of halogens is 3. The zero-order chi connectivity index (χ0) is 18.4. The van der Waals surface area contributed by atoms with Crippen molar-refractivity contribution >= 4 is 23.4 Å². The fourth-order valence-corrected chi connectivity index (χ4v) is 1.94. The maximum atomic E-state index is 12.8. The molecule has 2 aromatic carbocycles. The molecule has 0 aliphatic carbocycles. The molecule has 0 aromatic heterocycles. The molecule has 0 saturated heterocycles. The summed E-state index contributed by atoms with van der Waals surface area (Å²) in [5, 5.41) is 10.2. The number of Topliss-reactive ketones (excluding diaryl/α,β-unsaturated/α-hetero) is 1. The first-order valence-corrected chi connectivity index (χ1v) is 7.11. The Morgan fingerprint density at radius 3 is 2.20 bits per heavy atom. The molecular weight excluding hydrogens is 335 g/mol. The van der Waals surface area contributed by atoms with Gasteiger partial charge in [-0.2, -0.15) is 13.2 Å². The third-order valence-corrected chi connectivity index (χ3v) is 3.22. The lowest BCUT2D eigenvalue weighted by molar-refractivity contribution is -0.165. The molecule has 0 spiro atoms. The summed E-state index contributed by atoms with van der Waals surface area (Å²) in [6.07, 6.45) is -4.43. The summed E-state index contributed by atoms with van der Waals surface area (Å²) >= 11 is 0. The highest BCUT2D eigenvalue weighted by molar-refractivity contribution is 6.20. The molecule has 0 unspecified atom stereocenters. The number of ether oxygens (including phenoxy) is 1. The summed E-state index contributed by atoms with van der Waals surface area (Å²) < 4.78 is 43.5. The summed E-state index contributed by atoms with van der Waals surface area (Å²) in [6, 6.07) is 13.7. The van der Waals surface area contributed by atoms with Crippen LogP contribution < -0.4 is 4.74 Å². The standard InChI is InChI=1S/C18H14F3NO3/c1-25-14-9-7-12(8-10-14)16(23)15(17(24)18(19,20)21)11-22-13-5-3-2-4-6-13/h2-11,23H,1H3. The van der Waals surface area contributed by atoms with Crippen LogP contribution in [0.1, 0.15) is 5.56 Å². The Balaban J connectivity index is 2.48. The van der Waals surface area contributed by atoms with Gasteiger partial charge < -0.3 is 9.84 Å². The fraction of sp³-hybridized carbons (Fsp3) is 0.111. The summed E-state index contributed by atoms with van der Waals surface area (Å²) in [6.45, 7) is 0. The number of hydrogen-bond donors (Lipinski definition) is 1. The highest BCUT2D eigenvalue weighted by atomic mass is 19.4. The van der Waals surface area contributed by atoms with Crippen LogP contribution in [0.5, 0.6) is 5.75 Å². The van der Waals surface area contributed by atoms with Crippen molar-refractivity contribution < 1.29 is 27.8 Å². The number of aliphatic hydroxyl groups excluding tert-OH is 1. The second-order valence-electron chi connectivity index (χ2n) is 4.91. The predicted octanol–water partition coefficient (Wildman–Crippen LogP) is 4.50. The Morgan fingerprint density at radius 1 is 1.08 bits per heavy atom. The lowest BCUT2D eigenvalue weighted by Gasteiger charge is -2.09. The van der Waals surface area contributed by atoms with Crippen LogP contribution in [0.25, 0.3) is 5.76 Å². The molecule has 0 saturated carbocycles. The van der Waals surface area contributed by atoms with Gasteiger partial charge >= 0.3 is 6.18 Å². The minimum atomic E-state index is -5.14. The molecule has 0 atom stereocenters. The van der Waals surface area contributed by atoms with E-state index in [0.717, 1.165) is 0 Å². The number of hydrogen-bond acceptors (Lipinski definition) is 4. The van der Waals surface area contributed by atoms with Gasteiger partial charge in [0, 0.05) is 11.8 Å². The molecule has 4 nitrogen and oxygen atoms in total. The number of nitrogens with zero attached hydrogens (tertiary/aromatic N) is 1. The van der Waals surface area contributed by atoms with E-state index in [1.54, 1.807) is 30.3 Å². The molecule has 0 amide bonds. The molecule has 0 radical (unpaired) electrons. The number of carbonyl (C=O) groups excluding carboxylic acids is 1. The number of methoxy groups -OCH3 is 1. The number of benzene rings is 2. The number of rotatable bonds is 5. The molecule has 2 aromatic rings. The van der Waals surface area contributed by atoms with Gasteiger partial charge in [0.05, 0.1) is 18.4 Å². The molecule has 0 heterocycles. The first kappa shape index (κ1) is 18.3. The minimum Gasteiger partial charge on any atom is -0.506 e. The Morgan fingerprint density at radius 2 is 1.68 bits per heavy atom. The number of alkyl halides is 3. The van der Waals surface area contributed by atoms with Crippen molar-refractivity contribution in [2.45, 2.75) is 6.18 Å². The van der Waals surface area contributed by atoms with Gasteiger partial charge in [-0.1, -0.05) is 18.2 Å². The molecule has 0 fully saturated rings. The minimum absolute atomic E-state index is 0.0351. The first-order chi connectivity index (χ1) is 11.8. The van der Waals surface area contributed by atoms with E-state index in [4.69, 9.17) is 4.74 Å². The van der Waals surface area contributed by atoms with E-state index in [1.807, 2.05) is 0 Å². The molecule has 0 aliphatic heterocycles. The molecule has 1 N–H and O–H groups in total. The maximum absolute atomic E-state index is 12.8. The number of allylic oxidation sites excluding steroid dienone is 1. The molecule has 0 aliphatic rings. The van der Waals surface area contributed by atoms with Gasteiger partial charge in [-0.05, 0) is 36.4 Å². The molecule has 2 rings (SSSR count). The summed E-state index contributed by atoms with van der Waals surface area (Å²) in [4.78, 5) is 15.5. The molecular formula is C18H14F3NO3. The fourth-order valence-electron chi connectivity index (χ4n) is 1.94. The van der Waals surface area contributed by atoms with Gasteiger partial charge in [0.25, 0.3) is 5.78 Å². The van der Waals surface area contributed by atoms with Crippen LogP contribution in [0.15, 0.2) is 65.2 Å². The van der Waals surface area contributed by atoms with Crippen molar-refractivity contribution in [3.63, 3.8) is 0 Å². The second kappa shape index (κ2) is 7.65. The van der Waals surface area contributed by atoms with Crippen molar-refractivity contribution in [1.82, 2.24) is 0 Å². The van der Waals surface area contributed by atoms with E-state index < -0.39 is 23.3 Å². The molecule has 7 heteroatoms. The van der Waals surface area contributed by atoms with Crippen molar-refractivity contribution in [2.24, 2.45) is 4.99 Å². The summed E-state index contributed by atoms with van der Waals surface area (Å²) in [7, 11) is 1.43. The average Bonchev–Trinajstić information content (AvgIpc) is 2.61. The highest BCUT2D eigenvalue weighted by Gasteiger charge is 2.41. The third kappa shape index (κ3) is 4.69. The number of carbonyl (C=O) groups is 1. The van der Waals surface area contributed by atoms with E-state index in [0.29, 0.717) is 17.7 Å². The molecule has 130 valence electrons. The van der Waals surface area contributed by atoms with Crippen molar-refractivity contribution in [3.05, 3.63) is 65.7 Å². The smallest absolute Gasteiger partial charge is 0.455 e. The van der Waals surface area contributed by atoms with Gasteiger partial charge in [-0.3, -0.25) is 9.79 Å². The highest BCUT2D eigenvalue weighted by Crippen LogP contribution is 2.26. The number of ketones is 1. The zero-order valence-corrected chi connectivity index (χ0v) is 13.1. The average molecular weight is 349 g/mol. The van der Waals surface area contributed by atoms with Crippen LogP contribution in [-0.2, 0) is 4.79 Å². The third-order valence-electron chi connectivity index (χ3n) is 3.22. The van der Waals surface area contributed by atoms with E-state index in [1.165, 1.54) is 31.4 Å². The maximum Gasteiger partial charge on any atom is 0.455 e. The largest absolute Gasteiger partial charge is 0.506 e. The van der Waals surface area contributed by atoms with Crippen LogP contribution in [0.3, 0.4) is 0 Å². The van der Waals surface area contributed by atoms with Gasteiger partial charge in [0.15, 0.2) is 0 Å². The Hall–Kier alpha value is -3.09. The molecule has 25 heavy (non-hydrogen) atoms. The van der Waals surface area contributed by atoms with Crippen molar-refractivity contribution in [3.8, 4) is 5.75 Å². The summed E-state index contributed by atoms with van der Waals surface area (Å²) in [5.41, 5.74) is -0.563. The zero-order valence-electron chi connectivity index (χ0n) is 13.1. The van der Waals surface area contributed by atoms with Gasteiger partial charge in [-0.25, -0.2) is 0 Å². The molecule has 0 bridgehead atoms. The van der Waals surface area contributed by atoms with E-state index in [9.17, 15) is 23.1 Å². The Bertz CT molecular complexity index is 795. The lowest BCUT2D eigenvalue weighted by Crippen LogP contribution is -2.26.